The van der Waals surface area contributed by atoms with Crippen LogP contribution in [0.1, 0.15) is 25.6 Å². The molecule has 0 aliphatic carbocycles. The molecule has 1 N–H and O–H groups in total. The highest BCUT2D eigenvalue weighted by atomic mass is 16.1. The summed E-state index contributed by atoms with van der Waals surface area (Å²) in [7, 11) is 1.84. The fraction of sp³-hybridized carbons (Fsp3) is 0.700. The van der Waals surface area contributed by atoms with Gasteiger partial charge in [0.25, 0.3) is 0 Å². The first-order valence-electron chi connectivity index (χ1n) is 5.31. The van der Waals surface area contributed by atoms with Crippen molar-refractivity contribution in [2.45, 2.75) is 32.7 Å². The minimum Gasteiger partial charge on any atom is -0.319 e. The number of nitrogens with one attached hydrogen (secondary N) is 1. The van der Waals surface area contributed by atoms with Gasteiger partial charge in [-0.1, -0.05) is 6.92 Å². The molecule has 0 bridgehead atoms. The van der Waals surface area contributed by atoms with E-state index in [0.29, 0.717) is 12.8 Å². The molecule has 0 aromatic carbocycles. The minimum absolute atomic E-state index is 0.203. The maximum absolute atomic E-state index is 11.5. The fourth-order valence-electron chi connectivity index (χ4n) is 1.35. The van der Waals surface area contributed by atoms with Crippen molar-refractivity contribution in [3.8, 4) is 0 Å². The number of carbonyl (C=O) groups excluding carboxylic acids is 1. The van der Waals surface area contributed by atoms with Crippen LogP contribution in [0, 0.1) is 0 Å². The Kier molecular flexibility index (Phi) is 4.97. The quantitative estimate of drug-likeness (QED) is 0.708. The predicted octanol–water partition coefficient (Wildman–Crippen LogP) is 0.409. The molecule has 0 fully saturated rings. The van der Waals surface area contributed by atoms with Crippen LogP contribution >= 0.6 is 0 Å². The Morgan fingerprint density at radius 3 is 3.07 bits per heavy atom. The SMILES string of the molecule is CCCn1ncnc1CC(=O)CCNC. The van der Waals surface area contributed by atoms with Gasteiger partial charge in [0.05, 0.1) is 6.42 Å². The molecule has 0 amide bonds. The third-order valence-corrected chi connectivity index (χ3v) is 2.14. The van der Waals surface area contributed by atoms with Crippen molar-refractivity contribution in [1.82, 2.24) is 20.1 Å². The van der Waals surface area contributed by atoms with Gasteiger partial charge in [-0.15, -0.1) is 0 Å². The first kappa shape index (κ1) is 11.8. The second kappa shape index (κ2) is 6.29. The Balaban J connectivity index is 2.48. The summed E-state index contributed by atoms with van der Waals surface area (Å²) in [5.74, 6) is 0.979. The lowest BCUT2D eigenvalue weighted by atomic mass is 10.2. The van der Waals surface area contributed by atoms with Gasteiger partial charge in [0.2, 0.25) is 0 Å². The van der Waals surface area contributed by atoms with Crippen LogP contribution in [0.5, 0.6) is 0 Å². The lowest BCUT2D eigenvalue weighted by molar-refractivity contribution is -0.118. The average molecular weight is 210 g/mol. The van der Waals surface area contributed by atoms with E-state index < -0.39 is 0 Å². The lowest BCUT2D eigenvalue weighted by Gasteiger charge is -2.03. The zero-order valence-corrected chi connectivity index (χ0v) is 9.36. The Bertz CT molecular complexity index is 308. The fourth-order valence-corrected chi connectivity index (χ4v) is 1.35. The molecule has 1 rings (SSSR count). The number of hydrogen-bond acceptors (Lipinski definition) is 4. The second-order valence-electron chi connectivity index (χ2n) is 3.47. The van der Waals surface area contributed by atoms with E-state index in [0.717, 1.165) is 25.3 Å². The molecule has 5 nitrogen and oxygen atoms in total. The van der Waals surface area contributed by atoms with Crippen molar-refractivity contribution in [3.63, 3.8) is 0 Å². The molecule has 0 aliphatic rings. The molecule has 1 aromatic rings. The molecule has 15 heavy (non-hydrogen) atoms. The maximum atomic E-state index is 11.5. The van der Waals surface area contributed by atoms with Crippen molar-refractivity contribution < 1.29 is 4.79 Å². The maximum Gasteiger partial charge on any atom is 0.141 e. The molecule has 1 heterocycles. The van der Waals surface area contributed by atoms with Crippen LogP contribution in [0.4, 0.5) is 0 Å². The summed E-state index contributed by atoms with van der Waals surface area (Å²) >= 11 is 0. The van der Waals surface area contributed by atoms with Gasteiger partial charge in [0.1, 0.15) is 17.9 Å². The normalized spacial score (nSPS) is 10.5. The molecule has 0 saturated carbocycles. The molecule has 84 valence electrons. The summed E-state index contributed by atoms with van der Waals surface area (Å²) in [6, 6.07) is 0. The van der Waals surface area contributed by atoms with Crippen LogP contribution in [0.25, 0.3) is 0 Å². The molecule has 0 aliphatic heterocycles. The van der Waals surface area contributed by atoms with Crippen LogP contribution in [-0.2, 0) is 17.8 Å². The number of nitrogens with zero attached hydrogens (tertiary/aromatic N) is 3. The van der Waals surface area contributed by atoms with E-state index in [2.05, 4.69) is 22.3 Å². The third kappa shape index (κ3) is 3.79. The van der Waals surface area contributed by atoms with E-state index in [-0.39, 0.29) is 5.78 Å². The molecule has 0 unspecified atom stereocenters. The third-order valence-electron chi connectivity index (χ3n) is 2.14. The van der Waals surface area contributed by atoms with E-state index in [1.165, 1.54) is 6.33 Å². The van der Waals surface area contributed by atoms with E-state index in [1.807, 2.05) is 7.05 Å². The number of hydrogen-bond donors (Lipinski definition) is 1. The highest BCUT2D eigenvalue weighted by molar-refractivity contribution is 5.80. The van der Waals surface area contributed by atoms with Gasteiger partial charge >= 0.3 is 0 Å². The Morgan fingerprint density at radius 1 is 1.60 bits per heavy atom. The van der Waals surface area contributed by atoms with Gasteiger partial charge < -0.3 is 5.32 Å². The van der Waals surface area contributed by atoms with Crippen molar-refractivity contribution in [2.24, 2.45) is 0 Å². The van der Waals surface area contributed by atoms with Gasteiger partial charge in [-0.25, -0.2) is 9.67 Å². The van der Waals surface area contributed by atoms with E-state index >= 15 is 0 Å². The number of aromatic nitrogens is 3. The molecular formula is C10H18N4O. The zero-order chi connectivity index (χ0) is 11.1. The van der Waals surface area contributed by atoms with Crippen molar-refractivity contribution >= 4 is 5.78 Å². The average Bonchev–Trinajstić information content (AvgIpc) is 2.63. The lowest BCUT2D eigenvalue weighted by Crippen LogP contribution is -2.16. The molecule has 0 radical (unpaired) electrons. The smallest absolute Gasteiger partial charge is 0.141 e. The minimum atomic E-state index is 0.203. The monoisotopic (exact) mass is 210 g/mol. The van der Waals surface area contributed by atoms with Crippen molar-refractivity contribution in [2.75, 3.05) is 13.6 Å². The van der Waals surface area contributed by atoms with Gasteiger partial charge in [-0.3, -0.25) is 4.79 Å². The van der Waals surface area contributed by atoms with E-state index in [1.54, 1.807) is 4.68 Å². The molecule has 1 aromatic heterocycles. The number of rotatable bonds is 7. The Hall–Kier alpha value is -1.23. The van der Waals surface area contributed by atoms with Crippen LogP contribution < -0.4 is 5.32 Å². The summed E-state index contributed by atoms with van der Waals surface area (Å²) in [5.41, 5.74) is 0. The summed E-state index contributed by atoms with van der Waals surface area (Å²) in [6.07, 6.45) is 3.45. The summed E-state index contributed by atoms with van der Waals surface area (Å²) in [5, 5.41) is 7.03. The summed E-state index contributed by atoms with van der Waals surface area (Å²) in [6.45, 7) is 3.63. The standard InChI is InChI=1S/C10H18N4O/c1-3-6-14-10(12-8-13-14)7-9(15)4-5-11-2/h8,11H,3-7H2,1-2H3. The van der Waals surface area contributed by atoms with E-state index in [4.69, 9.17) is 0 Å². The summed E-state index contributed by atoms with van der Waals surface area (Å²) < 4.78 is 1.80. The van der Waals surface area contributed by atoms with Crippen LogP contribution in [-0.4, -0.2) is 34.1 Å². The zero-order valence-electron chi connectivity index (χ0n) is 9.36. The predicted molar refractivity (Wildman–Crippen MR) is 57.6 cm³/mol. The number of aryl methyl sites for hydroxylation is 1. The van der Waals surface area contributed by atoms with E-state index in [9.17, 15) is 4.79 Å². The summed E-state index contributed by atoms with van der Waals surface area (Å²) in [4.78, 5) is 15.6. The molecule has 0 spiro atoms. The number of ketones is 1. The largest absolute Gasteiger partial charge is 0.319 e. The van der Waals surface area contributed by atoms with Crippen LogP contribution in [0.2, 0.25) is 0 Å². The van der Waals surface area contributed by atoms with Gasteiger partial charge in [-0.05, 0) is 13.5 Å². The van der Waals surface area contributed by atoms with Gasteiger partial charge in [0, 0.05) is 19.5 Å². The number of carbonyl (C=O) groups is 1. The highest BCUT2D eigenvalue weighted by Gasteiger charge is 2.08. The molecule has 0 atom stereocenters. The van der Waals surface area contributed by atoms with Crippen LogP contribution in [0.3, 0.4) is 0 Å². The van der Waals surface area contributed by atoms with Gasteiger partial charge in [-0.2, -0.15) is 5.10 Å². The van der Waals surface area contributed by atoms with Crippen molar-refractivity contribution in [3.05, 3.63) is 12.2 Å². The molecule has 5 heteroatoms. The van der Waals surface area contributed by atoms with Gasteiger partial charge in [0.15, 0.2) is 0 Å². The van der Waals surface area contributed by atoms with Crippen LogP contribution in [0.15, 0.2) is 6.33 Å². The highest BCUT2D eigenvalue weighted by Crippen LogP contribution is 1.99. The first-order valence-corrected chi connectivity index (χ1v) is 5.31. The molecular weight excluding hydrogens is 192 g/mol. The van der Waals surface area contributed by atoms with Crippen molar-refractivity contribution in [1.29, 1.82) is 0 Å². The molecule has 0 saturated heterocycles. The Morgan fingerprint density at radius 2 is 2.40 bits per heavy atom. The second-order valence-corrected chi connectivity index (χ2v) is 3.47. The number of Topliss-reactive ketones (excluding diaryl/α,β-unsaturated/α-hetero) is 1. The Labute approximate surface area is 89.9 Å². The topological polar surface area (TPSA) is 59.8 Å². The first-order chi connectivity index (χ1) is 7.27.